The number of rotatable bonds is 4. The van der Waals surface area contributed by atoms with Crippen molar-refractivity contribution in [1.82, 2.24) is 0 Å². The lowest BCUT2D eigenvalue weighted by molar-refractivity contribution is -0.202. The zero-order valence-electron chi connectivity index (χ0n) is 10.4. The average molecular weight is 323 g/mol. The summed E-state index contributed by atoms with van der Waals surface area (Å²) in [4.78, 5) is 0. The highest BCUT2D eigenvalue weighted by atomic mass is 19.4. The summed E-state index contributed by atoms with van der Waals surface area (Å²) in [6.45, 7) is 1.23. The Morgan fingerprint density at radius 2 is 1.29 bits per heavy atom. The first-order valence-electron chi connectivity index (χ1n) is 5.52. The predicted molar refractivity (Wildman–Crippen MR) is 55.0 cm³/mol. The zero-order chi connectivity index (χ0) is 16.5. The number of ether oxygens (including phenoxy) is 1. The van der Waals surface area contributed by atoms with Crippen molar-refractivity contribution in [2.24, 2.45) is 5.73 Å². The van der Waals surface area contributed by atoms with Crippen LogP contribution in [0.15, 0.2) is 0 Å². The Morgan fingerprint density at radius 1 is 0.905 bits per heavy atom. The molecular formula is C11H9F8NO. The van der Waals surface area contributed by atoms with Crippen molar-refractivity contribution < 1.29 is 39.9 Å². The summed E-state index contributed by atoms with van der Waals surface area (Å²) in [7, 11) is 0. The van der Waals surface area contributed by atoms with Crippen LogP contribution >= 0.6 is 0 Å². The summed E-state index contributed by atoms with van der Waals surface area (Å²) in [5.74, 6) is -14.3. The molecule has 0 saturated heterocycles. The van der Waals surface area contributed by atoms with Crippen LogP contribution < -0.4 is 10.5 Å². The second-order valence-electron chi connectivity index (χ2n) is 4.05. The first-order valence-corrected chi connectivity index (χ1v) is 5.52. The van der Waals surface area contributed by atoms with Gasteiger partial charge >= 0.3 is 6.18 Å². The molecule has 0 saturated carbocycles. The van der Waals surface area contributed by atoms with Crippen molar-refractivity contribution in [2.45, 2.75) is 31.7 Å². The number of halogens is 8. The molecule has 0 fully saturated rings. The molecule has 10 heteroatoms. The third-order valence-electron chi connectivity index (χ3n) is 2.60. The SMILES string of the molecule is CCC(N)C(Oc1c(F)c(F)c(F)c(F)c1F)C(F)(F)F. The van der Waals surface area contributed by atoms with Gasteiger partial charge in [-0.1, -0.05) is 6.92 Å². The van der Waals surface area contributed by atoms with E-state index in [0.717, 1.165) is 0 Å². The van der Waals surface area contributed by atoms with Crippen LogP contribution in [0.2, 0.25) is 0 Å². The third-order valence-corrected chi connectivity index (χ3v) is 2.60. The van der Waals surface area contributed by atoms with Crippen LogP contribution in [0.1, 0.15) is 13.3 Å². The summed E-state index contributed by atoms with van der Waals surface area (Å²) < 4.78 is 107. The minimum atomic E-state index is -5.16. The van der Waals surface area contributed by atoms with Crippen molar-refractivity contribution in [2.75, 3.05) is 0 Å². The molecule has 0 aromatic heterocycles. The van der Waals surface area contributed by atoms with E-state index in [1.807, 2.05) is 0 Å². The molecule has 0 aliphatic rings. The molecule has 2 atom stereocenters. The van der Waals surface area contributed by atoms with Crippen LogP contribution in [0.3, 0.4) is 0 Å². The van der Waals surface area contributed by atoms with Crippen molar-refractivity contribution in [1.29, 1.82) is 0 Å². The maximum Gasteiger partial charge on any atom is 0.426 e. The van der Waals surface area contributed by atoms with Crippen molar-refractivity contribution in [3.8, 4) is 5.75 Å². The van der Waals surface area contributed by atoms with Crippen LogP contribution in [-0.2, 0) is 0 Å². The van der Waals surface area contributed by atoms with Crippen LogP contribution in [0.5, 0.6) is 5.75 Å². The second-order valence-corrected chi connectivity index (χ2v) is 4.05. The van der Waals surface area contributed by atoms with Gasteiger partial charge in [0.1, 0.15) is 0 Å². The molecule has 21 heavy (non-hydrogen) atoms. The van der Waals surface area contributed by atoms with Crippen molar-refractivity contribution in [3.05, 3.63) is 29.1 Å². The Kier molecular flexibility index (Phi) is 5.03. The Labute approximate surface area is 113 Å². The molecule has 0 aliphatic carbocycles. The quantitative estimate of drug-likeness (QED) is 0.523. The fraction of sp³-hybridized carbons (Fsp3) is 0.455. The fourth-order valence-electron chi connectivity index (χ4n) is 1.43. The van der Waals surface area contributed by atoms with E-state index >= 15 is 0 Å². The van der Waals surface area contributed by atoms with Crippen molar-refractivity contribution >= 4 is 0 Å². The molecule has 1 aromatic carbocycles. The van der Waals surface area contributed by atoms with E-state index in [4.69, 9.17) is 5.73 Å². The molecule has 0 bridgehead atoms. The largest absolute Gasteiger partial charge is 0.473 e. The van der Waals surface area contributed by atoms with Gasteiger partial charge < -0.3 is 10.5 Å². The standard InChI is InChI=1S/C11H9F8NO/c1-2-3(20)10(11(17,18)19)21-9-7(15)5(13)4(12)6(14)8(9)16/h3,10H,2,20H2,1H3. The van der Waals surface area contributed by atoms with Crippen LogP contribution in [0.4, 0.5) is 35.1 Å². The van der Waals surface area contributed by atoms with E-state index in [-0.39, 0.29) is 6.42 Å². The first-order chi connectivity index (χ1) is 9.52. The fourth-order valence-corrected chi connectivity index (χ4v) is 1.43. The Balaban J connectivity index is 3.34. The lowest BCUT2D eigenvalue weighted by Crippen LogP contribution is -2.49. The van der Waals surface area contributed by atoms with Gasteiger partial charge in [0.15, 0.2) is 5.75 Å². The maximum absolute atomic E-state index is 13.3. The smallest absolute Gasteiger partial charge is 0.426 e. The number of hydrogen-bond donors (Lipinski definition) is 1. The second kappa shape index (κ2) is 6.04. The van der Waals surface area contributed by atoms with Crippen LogP contribution in [0.25, 0.3) is 0 Å². The van der Waals surface area contributed by atoms with Gasteiger partial charge in [-0.2, -0.15) is 22.0 Å². The van der Waals surface area contributed by atoms with E-state index in [1.165, 1.54) is 6.92 Å². The molecule has 120 valence electrons. The van der Waals surface area contributed by atoms with Gasteiger partial charge in [-0.05, 0) is 6.42 Å². The molecule has 2 nitrogen and oxygen atoms in total. The third kappa shape index (κ3) is 3.36. The minimum Gasteiger partial charge on any atom is -0.473 e. The monoisotopic (exact) mass is 323 g/mol. The predicted octanol–water partition coefficient (Wildman–Crippen LogP) is 3.43. The van der Waals surface area contributed by atoms with Gasteiger partial charge in [-0.3, -0.25) is 0 Å². The summed E-state index contributed by atoms with van der Waals surface area (Å²) in [6, 6.07) is -1.75. The number of alkyl halides is 3. The topological polar surface area (TPSA) is 35.2 Å². The minimum absolute atomic E-state index is 0.306. The lowest BCUT2D eigenvalue weighted by Gasteiger charge is -2.26. The van der Waals surface area contributed by atoms with E-state index in [9.17, 15) is 35.1 Å². The van der Waals surface area contributed by atoms with Gasteiger partial charge in [-0.15, -0.1) is 0 Å². The van der Waals surface area contributed by atoms with Gasteiger partial charge in [0.05, 0.1) is 6.04 Å². The molecule has 0 aliphatic heterocycles. The van der Waals surface area contributed by atoms with E-state index in [1.54, 1.807) is 0 Å². The van der Waals surface area contributed by atoms with Gasteiger partial charge in [0, 0.05) is 0 Å². The average Bonchev–Trinajstić information content (AvgIpc) is 2.41. The molecule has 0 heterocycles. The highest BCUT2D eigenvalue weighted by Gasteiger charge is 2.46. The van der Waals surface area contributed by atoms with E-state index in [0.29, 0.717) is 0 Å². The molecule has 0 amide bonds. The maximum atomic E-state index is 13.3. The molecule has 2 unspecified atom stereocenters. The Morgan fingerprint density at radius 3 is 1.62 bits per heavy atom. The van der Waals surface area contributed by atoms with Crippen molar-refractivity contribution in [3.63, 3.8) is 0 Å². The zero-order valence-corrected chi connectivity index (χ0v) is 10.4. The molecule has 1 rings (SSSR count). The summed E-state index contributed by atoms with van der Waals surface area (Å²) in [6.07, 6.45) is -8.38. The van der Waals surface area contributed by atoms with Crippen LogP contribution in [-0.4, -0.2) is 18.3 Å². The number of nitrogens with two attached hydrogens (primary N) is 1. The van der Waals surface area contributed by atoms with Gasteiger partial charge in [-0.25, -0.2) is 13.2 Å². The normalized spacial score (nSPS) is 15.0. The Bertz CT molecular complexity index is 501. The van der Waals surface area contributed by atoms with E-state index < -0.39 is 53.2 Å². The van der Waals surface area contributed by atoms with Gasteiger partial charge in [0.25, 0.3) is 0 Å². The van der Waals surface area contributed by atoms with E-state index in [2.05, 4.69) is 4.74 Å². The van der Waals surface area contributed by atoms with Crippen LogP contribution in [0, 0.1) is 29.1 Å². The molecule has 1 aromatic rings. The summed E-state index contributed by atoms with van der Waals surface area (Å²) in [5.41, 5.74) is 5.11. The lowest BCUT2D eigenvalue weighted by atomic mass is 10.1. The highest BCUT2D eigenvalue weighted by Crippen LogP contribution is 2.34. The number of benzene rings is 1. The first kappa shape index (κ1) is 17.5. The highest BCUT2D eigenvalue weighted by molar-refractivity contribution is 5.30. The molecule has 0 spiro atoms. The molecular weight excluding hydrogens is 314 g/mol. The number of hydrogen-bond acceptors (Lipinski definition) is 2. The molecule has 0 radical (unpaired) electrons. The summed E-state index contributed by atoms with van der Waals surface area (Å²) >= 11 is 0. The summed E-state index contributed by atoms with van der Waals surface area (Å²) in [5, 5.41) is 0. The Hall–Kier alpha value is -1.58. The molecule has 2 N–H and O–H groups in total. The van der Waals surface area contributed by atoms with Gasteiger partial charge in [0.2, 0.25) is 35.2 Å².